The molecule has 1 atom stereocenters. The van der Waals surface area contributed by atoms with E-state index in [1.807, 2.05) is 5.32 Å². The monoisotopic (exact) mass is 311 g/mol. The second kappa shape index (κ2) is 6.60. The van der Waals surface area contributed by atoms with Crippen LogP contribution in [-0.4, -0.2) is 18.1 Å². The number of carbonyl (C=O) groups excluding carboxylic acids is 1. The molecule has 0 spiro atoms. The number of nitrogens with one attached hydrogen (secondary N) is 1. The van der Waals surface area contributed by atoms with Crippen molar-refractivity contribution >= 4 is 5.91 Å². The Hall–Kier alpha value is -2.37. The highest BCUT2D eigenvalue weighted by molar-refractivity contribution is 5.94. The lowest BCUT2D eigenvalue weighted by Crippen LogP contribution is -2.47. The van der Waals surface area contributed by atoms with E-state index in [4.69, 9.17) is 0 Å². The zero-order valence-electron chi connectivity index (χ0n) is 11.4. The van der Waals surface area contributed by atoms with Gasteiger partial charge in [0.1, 0.15) is 11.9 Å². The van der Waals surface area contributed by atoms with E-state index < -0.39 is 35.9 Å². The van der Waals surface area contributed by atoms with Crippen LogP contribution in [0.5, 0.6) is 0 Å². The van der Waals surface area contributed by atoms with Crippen LogP contribution in [-0.2, 0) is 6.42 Å². The first-order chi connectivity index (χ1) is 10.4. The highest BCUT2D eigenvalue weighted by Gasteiger charge is 2.40. The molecule has 0 heterocycles. The molecule has 6 heteroatoms. The third-order valence-electron chi connectivity index (χ3n) is 3.10. The largest absolute Gasteiger partial charge is 0.408 e. The Balaban J connectivity index is 2.17. The summed E-state index contributed by atoms with van der Waals surface area (Å²) >= 11 is 0. The smallest absolute Gasteiger partial charge is 0.340 e. The minimum atomic E-state index is -4.63. The molecule has 0 bridgehead atoms. The minimum absolute atomic E-state index is 0.412. The quantitative estimate of drug-likeness (QED) is 0.857. The summed E-state index contributed by atoms with van der Waals surface area (Å²) in [6.45, 7) is 0. The molecular weight excluding hydrogens is 298 g/mol. The first-order valence-electron chi connectivity index (χ1n) is 6.54. The van der Waals surface area contributed by atoms with Crippen LogP contribution >= 0.6 is 0 Å². The maximum absolute atomic E-state index is 13.5. The number of carbonyl (C=O) groups is 1. The van der Waals surface area contributed by atoms with Crippen LogP contribution in [0.4, 0.5) is 17.6 Å². The Morgan fingerprint density at radius 3 is 2.18 bits per heavy atom. The van der Waals surface area contributed by atoms with Gasteiger partial charge in [0.05, 0.1) is 5.56 Å². The molecule has 2 nitrogen and oxygen atoms in total. The summed E-state index contributed by atoms with van der Waals surface area (Å²) in [5.74, 6) is -1.95. The average Bonchev–Trinajstić information content (AvgIpc) is 2.47. The number of rotatable bonds is 4. The molecule has 0 radical (unpaired) electrons. The fourth-order valence-electron chi connectivity index (χ4n) is 1.98. The van der Waals surface area contributed by atoms with E-state index in [0.717, 1.165) is 12.1 Å². The Morgan fingerprint density at radius 2 is 1.59 bits per heavy atom. The van der Waals surface area contributed by atoms with Gasteiger partial charge < -0.3 is 5.32 Å². The normalized spacial score (nSPS) is 12.7. The molecule has 0 aliphatic carbocycles. The van der Waals surface area contributed by atoms with Crippen LogP contribution in [0.1, 0.15) is 15.9 Å². The number of hydrogen-bond acceptors (Lipinski definition) is 1. The lowest BCUT2D eigenvalue weighted by Gasteiger charge is -2.22. The van der Waals surface area contributed by atoms with Gasteiger partial charge in [-0.25, -0.2) is 4.39 Å². The topological polar surface area (TPSA) is 29.1 Å². The SMILES string of the molecule is O=C(NC(Cc1ccccc1)C(F)(F)F)c1ccccc1F. The predicted molar refractivity (Wildman–Crippen MR) is 73.9 cm³/mol. The molecular formula is C16H13F4NO. The van der Waals surface area contributed by atoms with Gasteiger partial charge in [-0.05, 0) is 17.7 Å². The molecule has 2 rings (SSSR count). The van der Waals surface area contributed by atoms with Gasteiger partial charge in [-0.15, -0.1) is 0 Å². The molecule has 0 aromatic heterocycles. The summed E-state index contributed by atoms with van der Waals surface area (Å²) in [4.78, 5) is 11.9. The van der Waals surface area contributed by atoms with Crippen molar-refractivity contribution in [1.82, 2.24) is 5.32 Å². The fraction of sp³-hybridized carbons (Fsp3) is 0.188. The summed E-state index contributed by atoms with van der Waals surface area (Å²) in [5, 5.41) is 1.86. The lowest BCUT2D eigenvalue weighted by molar-refractivity contribution is -0.153. The molecule has 0 saturated heterocycles. The predicted octanol–water partition coefficient (Wildman–Crippen LogP) is 3.73. The van der Waals surface area contributed by atoms with Crippen molar-refractivity contribution in [3.63, 3.8) is 0 Å². The van der Waals surface area contributed by atoms with Crippen molar-refractivity contribution in [1.29, 1.82) is 0 Å². The second-order valence-electron chi connectivity index (χ2n) is 4.74. The van der Waals surface area contributed by atoms with Gasteiger partial charge in [0.2, 0.25) is 0 Å². The fourth-order valence-corrected chi connectivity index (χ4v) is 1.98. The highest BCUT2D eigenvalue weighted by atomic mass is 19.4. The van der Waals surface area contributed by atoms with Gasteiger partial charge in [-0.2, -0.15) is 13.2 Å². The number of hydrogen-bond donors (Lipinski definition) is 1. The molecule has 2 aromatic rings. The molecule has 22 heavy (non-hydrogen) atoms. The molecule has 1 N–H and O–H groups in total. The maximum atomic E-state index is 13.5. The molecule has 0 saturated carbocycles. The van der Waals surface area contributed by atoms with E-state index in [1.54, 1.807) is 18.2 Å². The summed E-state index contributed by atoms with van der Waals surface area (Å²) in [7, 11) is 0. The zero-order valence-corrected chi connectivity index (χ0v) is 11.4. The maximum Gasteiger partial charge on any atom is 0.408 e. The first kappa shape index (κ1) is 16.0. The van der Waals surface area contributed by atoms with E-state index in [-0.39, 0.29) is 0 Å². The van der Waals surface area contributed by atoms with Crippen molar-refractivity contribution in [3.05, 3.63) is 71.5 Å². The number of amides is 1. The second-order valence-corrected chi connectivity index (χ2v) is 4.74. The van der Waals surface area contributed by atoms with Crippen LogP contribution in [0.15, 0.2) is 54.6 Å². The lowest BCUT2D eigenvalue weighted by atomic mass is 10.0. The van der Waals surface area contributed by atoms with Crippen molar-refractivity contribution in [3.8, 4) is 0 Å². The van der Waals surface area contributed by atoms with Crippen LogP contribution in [0.25, 0.3) is 0 Å². The third kappa shape index (κ3) is 4.07. The Kier molecular flexibility index (Phi) is 4.80. The molecule has 0 aliphatic heterocycles. The van der Waals surface area contributed by atoms with Crippen molar-refractivity contribution in [2.24, 2.45) is 0 Å². The van der Waals surface area contributed by atoms with Gasteiger partial charge in [0.15, 0.2) is 0 Å². The van der Waals surface area contributed by atoms with Gasteiger partial charge in [-0.1, -0.05) is 42.5 Å². The van der Waals surface area contributed by atoms with E-state index in [0.29, 0.717) is 5.56 Å². The zero-order chi connectivity index (χ0) is 16.2. The van der Waals surface area contributed by atoms with E-state index >= 15 is 0 Å². The van der Waals surface area contributed by atoms with Crippen molar-refractivity contribution in [2.75, 3.05) is 0 Å². The molecule has 1 unspecified atom stereocenters. The first-order valence-corrected chi connectivity index (χ1v) is 6.54. The van der Waals surface area contributed by atoms with Crippen molar-refractivity contribution < 1.29 is 22.4 Å². The number of benzene rings is 2. The van der Waals surface area contributed by atoms with E-state index in [2.05, 4.69) is 0 Å². The summed E-state index contributed by atoms with van der Waals surface area (Å²) < 4.78 is 52.7. The van der Waals surface area contributed by atoms with Gasteiger partial charge in [0.25, 0.3) is 5.91 Å². The molecule has 1 amide bonds. The van der Waals surface area contributed by atoms with Gasteiger partial charge in [-0.3, -0.25) is 4.79 Å². The summed E-state index contributed by atoms with van der Waals surface area (Å²) in [6, 6.07) is 10.8. The Bertz CT molecular complexity index is 640. The van der Waals surface area contributed by atoms with Crippen LogP contribution in [0.2, 0.25) is 0 Å². The standard InChI is InChI=1S/C16H13F4NO/c17-13-9-5-4-8-12(13)15(22)21-14(16(18,19)20)10-11-6-2-1-3-7-11/h1-9,14H,10H2,(H,21,22). The van der Waals surface area contributed by atoms with Crippen LogP contribution in [0, 0.1) is 5.82 Å². The average molecular weight is 311 g/mol. The molecule has 2 aromatic carbocycles. The van der Waals surface area contributed by atoms with E-state index in [9.17, 15) is 22.4 Å². The van der Waals surface area contributed by atoms with Crippen LogP contribution in [0.3, 0.4) is 0 Å². The third-order valence-corrected chi connectivity index (χ3v) is 3.10. The summed E-state index contributed by atoms with van der Waals surface area (Å²) in [6.07, 6.45) is -5.04. The Morgan fingerprint density at radius 1 is 1.00 bits per heavy atom. The minimum Gasteiger partial charge on any atom is -0.340 e. The van der Waals surface area contributed by atoms with Gasteiger partial charge in [0, 0.05) is 6.42 Å². The number of alkyl halides is 3. The molecule has 0 fully saturated rings. The van der Waals surface area contributed by atoms with Crippen LogP contribution < -0.4 is 5.32 Å². The Labute approximate surface area is 124 Å². The van der Waals surface area contributed by atoms with E-state index in [1.165, 1.54) is 24.3 Å². The van der Waals surface area contributed by atoms with Gasteiger partial charge >= 0.3 is 6.18 Å². The molecule has 116 valence electrons. The van der Waals surface area contributed by atoms with Crippen molar-refractivity contribution in [2.45, 2.75) is 18.6 Å². The molecule has 0 aliphatic rings. The summed E-state index contributed by atoms with van der Waals surface area (Å²) in [5.41, 5.74) is 0.0171. The number of halogens is 4. The highest BCUT2D eigenvalue weighted by Crippen LogP contribution is 2.24.